The third-order valence-corrected chi connectivity index (χ3v) is 2.45. The van der Waals surface area contributed by atoms with Crippen LogP contribution in [0.2, 0.25) is 0 Å². The molecule has 2 heterocycles. The molecule has 0 spiro atoms. The van der Waals surface area contributed by atoms with Crippen molar-refractivity contribution in [3.8, 4) is 0 Å². The van der Waals surface area contributed by atoms with E-state index in [0.717, 1.165) is 0 Å². The van der Waals surface area contributed by atoms with Crippen LogP contribution in [0.1, 0.15) is 10.5 Å². The second kappa shape index (κ2) is 3.95. The van der Waals surface area contributed by atoms with Crippen molar-refractivity contribution in [2.45, 2.75) is 0 Å². The molecule has 1 N–H and O–H groups in total. The molecular weight excluding hydrogens is 239 g/mol. The average molecular weight is 246 g/mol. The Kier molecular flexibility index (Phi) is 2.30. The standard InChI is InChI=1S/C11H7FN4O2/c12-16-9-4-2-1-3-8(9)10(15-16)11(17)14-7-5-13-18-6-7/h1-6H,(H,14,17). The second-order valence-electron chi connectivity index (χ2n) is 3.59. The lowest BCUT2D eigenvalue weighted by molar-refractivity contribution is 0.102. The molecule has 0 fully saturated rings. The van der Waals surface area contributed by atoms with Gasteiger partial charge in [-0.15, -0.1) is 5.10 Å². The van der Waals surface area contributed by atoms with Crippen LogP contribution in [0.25, 0.3) is 10.9 Å². The highest BCUT2D eigenvalue weighted by Crippen LogP contribution is 2.19. The lowest BCUT2D eigenvalue weighted by Crippen LogP contribution is -2.12. The number of aromatic nitrogens is 3. The van der Waals surface area contributed by atoms with E-state index in [1.807, 2.05) is 0 Å². The molecule has 0 atom stereocenters. The van der Waals surface area contributed by atoms with Gasteiger partial charge in [-0.3, -0.25) is 4.79 Å². The Morgan fingerprint density at radius 3 is 3.00 bits per heavy atom. The van der Waals surface area contributed by atoms with Gasteiger partial charge in [0.1, 0.15) is 17.5 Å². The summed E-state index contributed by atoms with van der Waals surface area (Å²) in [7, 11) is 0. The summed E-state index contributed by atoms with van der Waals surface area (Å²) in [4.78, 5) is 12.1. The highest BCUT2D eigenvalue weighted by molar-refractivity contribution is 6.11. The van der Waals surface area contributed by atoms with Crippen molar-refractivity contribution in [1.29, 1.82) is 0 Å². The molecule has 6 nitrogen and oxygen atoms in total. The quantitative estimate of drug-likeness (QED) is 0.750. The van der Waals surface area contributed by atoms with Crippen LogP contribution in [-0.4, -0.2) is 21.1 Å². The zero-order valence-corrected chi connectivity index (χ0v) is 9.00. The van der Waals surface area contributed by atoms with E-state index in [0.29, 0.717) is 11.1 Å². The van der Waals surface area contributed by atoms with E-state index < -0.39 is 5.91 Å². The topological polar surface area (TPSA) is 73.0 Å². The number of nitrogens with zero attached hydrogens (tertiary/aromatic N) is 3. The smallest absolute Gasteiger partial charge is 0.277 e. The van der Waals surface area contributed by atoms with E-state index in [1.165, 1.54) is 12.5 Å². The van der Waals surface area contributed by atoms with Crippen LogP contribution in [0.4, 0.5) is 10.2 Å². The Morgan fingerprint density at radius 1 is 1.39 bits per heavy atom. The van der Waals surface area contributed by atoms with Crippen LogP contribution < -0.4 is 5.32 Å². The molecule has 0 bridgehead atoms. The molecule has 7 heteroatoms. The van der Waals surface area contributed by atoms with Crippen LogP contribution in [0.15, 0.2) is 41.2 Å². The number of hydrogen-bond acceptors (Lipinski definition) is 4. The fourth-order valence-corrected chi connectivity index (χ4v) is 1.65. The minimum absolute atomic E-state index is 0.00861. The minimum Gasteiger partial charge on any atom is -0.363 e. The summed E-state index contributed by atoms with van der Waals surface area (Å²) in [5.74, 6) is -0.522. The van der Waals surface area contributed by atoms with Gasteiger partial charge in [0.2, 0.25) is 0 Å². The molecule has 18 heavy (non-hydrogen) atoms. The first-order valence-electron chi connectivity index (χ1n) is 5.10. The number of nitrogens with one attached hydrogen (secondary N) is 1. The third-order valence-electron chi connectivity index (χ3n) is 2.45. The molecule has 3 rings (SSSR count). The molecule has 1 amide bonds. The number of anilines is 1. The van der Waals surface area contributed by atoms with Crippen LogP contribution in [0.3, 0.4) is 0 Å². The Balaban J connectivity index is 2.01. The van der Waals surface area contributed by atoms with E-state index in [2.05, 4.69) is 20.1 Å². The molecule has 90 valence electrons. The molecule has 0 unspecified atom stereocenters. The Morgan fingerprint density at radius 2 is 2.22 bits per heavy atom. The highest BCUT2D eigenvalue weighted by Gasteiger charge is 2.17. The van der Waals surface area contributed by atoms with Gasteiger partial charge in [0, 0.05) is 5.39 Å². The van der Waals surface area contributed by atoms with Gasteiger partial charge in [0.25, 0.3) is 5.91 Å². The maximum atomic E-state index is 13.4. The first-order chi connectivity index (χ1) is 8.75. The predicted molar refractivity (Wildman–Crippen MR) is 60.7 cm³/mol. The van der Waals surface area contributed by atoms with Gasteiger partial charge in [0.05, 0.1) is 6.20 Å². The summed E-state index contributed by atoms with van der Waals surface area (Å²) < 4.78 is 18.0. The van der Waals surface area contributed by atoms with E-state index in [4.69, 9.17) is 0 Å². The van der Waals surface area contributed by atoms with Crippen LogP contribution >= 0.6 is 0 Å². The van der Waals surface area contributed by atoms with E-state index in [9.17, 15) is 9.28 Å². The second-order valence-corrected chi connectivity index (χ2v) is 3.59. The number of benzene rings is 1. The minimum atomic E-state index is -0.522. The van der Waals surface area contributed by atoms with Crippen LogP contribution in [0, 0.1) is 0 Å². The van der Waals surface area contributed by atoms with Gasteiger partial charge in [-0.05, 0) is 6.07 Å². The molecule has 0 radical (unpaired) electrons. The zero-order chi connectivity index (χ0) is 12.5. The number of rotatable bonds is 2. The number of carbonyl (C=O) groups is 1. The number of amides is 1. The molecule has 2 aromatic heterocycles. The van der Waals surface area contributed by atoms with E-state index in [1.54, 1.807) is 24.3 Å². The number of hydrogen-bond donors (Lipinski definition) is 1. The highest BCUT2D eigenvalue weighted by atomic mass is 19.2. The van der Waals surface area contributed by atoms with Gasteiger partial charge in [-0.1, -0.05) is 32.7 Å². The molecule has 0 saturated heterocycles. The van der Waals surface area contributed by atoms with Gasteiger partial charge >= 0.3 is 0 Å². The summed E-state index contributed by atoms with van der Waals surface area (Å²) in [6, 6.07) is 6.54. The van der Waals surface area contributed by atoms with Crippen molar-refractivity contribution in [2.75, 3.05) is 5.32 Å². The van der Waals surface area contributed by atoms with Gasteiger partial charge in [-0.2, -0.15) is 0 Å². The zero-order valence-electron chi connectivity index (χ0n) is 9.00. The Labute approximate surface area is 99.9 Å². The third kappa shape index (κ3) is 1.61. The largest absolute Gasteiger partial charge is 0.363 e. The lowest BCUT2D eigenvalue weighted by atomic mass is 10.2. The fraction of sp³-hybridized carbons (Fsp3) is 0. The van der Waals surface area contributed by atoms with Gasteiger partial charge in [-0.25, -0.2) is 0 Å². The maximum absolute atomic E-state index is 13.4. The SMILES string of the molecule is O=C(Nc1cnoc1)c1nn(F)c2ccccc12. The molecule has 0 saturated carbocycles. The monoisotopic (exact) mass is 246 g/mol. The summed E-state index contributed by atoms with van der Waals surface area (Å²) in [5, 5.41) is 9.95. The summed E-state index contributed by atoms with van der Waals surface area (Å²) in [6.07, 6.45) is 2.61. The molecule has 0 aliphatic rings. The van der Waals surface area contributed by atoms with Crippen LogP contribution in [0.5, 0.6) is 0 Å². The Bertz CT molecular complexity index is 705. The van der Waals surface area contributed by atoms with Crippen molar-refractivity contribution in [2.24, 2.45) is 0 Å². The van der Waals surface area contributed by atoms with Crippen molar-refractivity contribution in [3.63, 3.8) is 0 Å². The number of para-hydroxylation sites is 1. The number of carbonyl (C=O) groups excluding carboxylic acids is 1. The molecule has 0 aliphatic heterocycles. The Hall–Kier alpha value is -2.70. The average Bonchev–Trinajstić information content (AvgIpc) is 2.98. The van der Waals surface area contributed by atoms with Crippen molar-refractivity contribution in [1.82, 2.24) is 15.2 Å². The maximum Gasteiger partial charge on any atom is 0.277 e. The van der Waals surface area contributed by atoms with Crippen molar-refractivity contribution in [3.05, 3.63) is 42.4 Å². The predicted octanol–water partition coefficient (Wildman–Crippen LogP) is 2.01. The van der Waals surface area contributed by atoms with Gasteiger partial charge in [0.15, 0.2) is 5.69 Å². The summed E-state index contributed by atoms with van der Waals surface area (Å²) in [5.41, 5.74) is 0.639. The van der Waals surface area contributed by atoms with Crippen molar-refractivity contribution < 1.29 is 13.8 Å². The van der Waals surface area contributed by atoms with Gasteiger partial charge < -0.3 is 9.84 Å². The first-order valence-corrected chi connectivity index (χ1v) is 5.10. The lowest BCUT2D eigenvalue weighted by Gasteiger charge is -1.97. The normalized spacial score (nSPS) is 10.7. The van der Waals surface area contributed by atoms with Crippen LogP contribution in [-0.2, 0) is 0 Å². The fourth-order valence-electron chi connectivity index (χ4n) is 1.65. The summed E-state index contributed by atoms with van der Waals surface area (Å²) in [6.45, 7) is 0. The molecular formula is C11H7FN4O2. The van der Waals surface area contributed by atoms with Crippen molar-refractivity contribution >= 4 is 22.5 Å². The molecule has 3 aromatic rings. The number of halogens is 1. The number of fused-ring (bicyclic) bond motifs is 1. The molecule has 1 aromatic carbocycles. The molecule has 0 aliphatic carbocycles. The first kappa shape index (κ1) is 10.5. The van der Waals surface area contributed by atoms with E-state index >= 15 is 0 Å². The summed E-state index contributed by atoms with van der Waals surface area (Å²) >= 11 is 0. The van der Waals surface area contributed by atoms with E-state index in [-0.39, 0.29) is 16.1 Å².